The Morgan fingerprint density at radius 1 is 1.00 bits per heavy atom. The summed E-state index contributed by atoms with van der Waals surface area (Å²) in [4.78, 5) is 23.8. The van der Waals surface area contributed by atoms with Crippen LogP contribution in [0.4, 0.5) is 17.6 Å². The number of nitrogens with two attached hydrogens (primary N) is 2. The standard InChI is InChI=1S/C17H16N6O2/c18-15(24)12-8-4-5-9-13(12)25-10-14-21-16(19)23-17(22-14)20-11-6-2-1-3-7-11/h1-9H,10H2,(H2,18,24)(H3,19,20,21,22,23). The zero-order valence-electron chi connectivity index (χ0n) is 13.2. The summed E-state index contributed by atoms with van der Waals surface area (Å²) in [5, 5.41) is 3.04. The van der Waals surface area contributed by atoms with Crippen molar-refractivity contribution in [1.29, 1.82) is 0 Å². The van der Waals surface area contributed by atoms with Crippen LogP contribution in [0.2, 0.25) is 0 Å². The summed E-state index contributed by atoms with van der Waals surface area (Å²) in [6, 6.07) is 16.1. The van der Waals surface area contributed by atoms with Crippen molar-refractivity contribution in [2.45, 2.75) is 6.61 Å². The number of para-hydroxylation sites is 2. The molecule has 1 heterocycles. The van der Waals surface area contributed by atoms with Crippen LogP contribution >= 0.6 is 0 Å². The molecule has 0 aliphatic rings. The number of carbonyl (C=O) groups excluding carboxylic acids is 1. The van der Waals surface area contributed by atoms with Gasteiger partial charge in [-0.05, 0) is 24.3 Å². The molecule has 0 fully saturated rings. The van der Waals surface area contributed by atoms with E-state index in [1.54, 1.807) is 24.3 Å². The Morgan fingerprint density at radius 3 is 2.48 bits per heavy atom. The van der Waals surface area contributed by atoms with Gasteiger partial charge in [0.15, 0.2) is 5.82 Å². The van der Waals surface area contributed by atoms with Gasteiger partial charge in [-0.25, -0.2) is 0 Å². The highest BCUT2D eigenvalue weighted by atomic mass is 16.5. The minimum atomic E-state index is -0.572. The van der Waals surface area contributed by atoms with E-state index in [0.29, 0.717) is 17.5 Å². The molecule has 2 aromatic carbocycles. The number of benzene rings is 2. The molecular formula is C17H16N6O2. The van der Waals surface area contributed by atoms with E-state index in [0.717, 1.165) is 5.69 Å². The van der Waals surface area contributed by atoms with Crippen LogP contribution in [0.5, 0.6) is 5.75 Å². The first-order chi connectivity index (χ1) is 12.1. The van der Waals surface area contributed by atoms with Gasteiger partial charge in [0.1, 0.15) is 12.4 Å². The smallest absolute Gasteiger partial charge is 0.252 e. The molecule has 8 nitrogen and oxygen atoms in total. The van der Waals surface area contributed by atoms with Gasteiger partial charge in [-0.15, -0.1) is 0 Å². The number of rotatable bonds is 6. The van der Waals surface area contributed by atoms with Crippen molar-refractivity contribution in [3.63, 3.8) is 0 Å². The van der Waals surface area contributed by atoms with Crippen LogP contribution in [0.1, 0.15) is 16.2 Å². The maximum Gasteiger partial charge on any atom is 0.252 e. The maximum atomic E-state index is 11.4. The molecule has 25 heavy (non-hydrogen) atoms. The molecule has 3 aromatic rings. The molecule has 0 unspecified atom stereocenters. The van der Waals surface area contributed by atoms with Crippen LogP contribution in [-0.4, -0.2) is 20.9 Å². The van der Waals surface area contributed by atoms with Gasteiger partial charge in [0.05, 0.1) is 5.56 Å². The molecule has 126 valence electrons. The van der Waals surface area contributed by atoms with Crippen molar-refractivity contribution in [3.05, 3.63) is 66.0 Å². The van der Waals surface area contributed by atoms with Gasteiger partial charge >= 0.3 is 0 Å². The summed E-state index contributed by atoms with van der Waals surface area (Å²) in [5.41, 5.74) is 12.2. The number of anilines is 3. The summed E-state index contributed by atoms with van der Waals surface area (Å²) >= 11 is 0. The van der Waals surface area contributed by atoms with Gasteiger partial charge < -0.3 is 21.5 Å². The fourth-order valence-electron chi connectivity index (χ4n) is 2.15. The number of carbonyl (C=O) groups is 1. The number of amides is 1. The molecule has 0 spiro atoms. The Bertz CT molecular complexity index is 885. The number of nitrogen functional groups attached to an aromatic ring is 1. The molecular weight excluding hydrogens is 320 g/mol. The average molecular weight is 336 g/mol. The normalized spacial score (nSPS) is 10.2. The van der Waals surface area contributed by atoms with Crippen LogP contribution in [0.25, 0.3) is 0 Å². The zero-order chi connectivity index (χ0) is 17.6. The predicted octanol–water partition coefficient (Wildman–Crippen LogP) is 1.88. The zero-order valence-corrected chi connectivity index (χ0v) is 13.2. The number of primary amides is 1. The lowest BCUT2D eigenvalue weighted by Crippen LogP contribution is -2.14. The third-order valence-corrected chi connectivity index (χ3v) is 3.24. The molecule has 1 aromatic heterocycles. The van der Waals surface area contributed by atoms with Crippen molar-refractivity contribution >= 4 is 23.5 Å². The first-order valence-corrected chi connectivity index (χ1v) is 7.46. The van der Waals surface area contributed by atoms with Gasteiger partial charge in [0, 0.05) is 5.69 Å². The highest BCUT2D eigenvalue weighted by Crippen LogP contribution is 2.19. The van der Waals surface area contributed by atoms with E-state index in [1.165, 1.54) is 0 Å². The summed E-state index contributed by atoms with van der Waals surface area (Å²) in [7, 11) is 0. The number of aromatic nitrogens is 3. The van der Waals surface area contributed by atoms with Crippen LogP contribution in [0, 0.1) is 0 Å². The third kappa shape index (κ3) is 4.20. The fraction of sp³-hybridized carbons (Fsp3) is 0.0588. The van der Waals surface area contributed by atoms with Crippen molar-refractivity contribution < 1.29 is 9.53 Å². The molecule has 0 radical (unpaired) electrons. The van der Waals surface area contributed by atoms with E-state index in [1.807, 2.05) is 30.3 Å². The van der Waals surface area contributed by atoms with Crippen LogP contribution in [-0.2, 0) is 6.61 Å². The summed E-state index contributed by atoms with van der Waals surface area (Å²) in [6.07, 6.45) is 0. The molecule has 1 amide bonds. The van der Waals surface area contributed by atoms with Crippen molar-refractivity contribution in [2.24, 2.45) is 5.73 Å². The van der Waals surface area contributed by atoms with Crippen molar-refractivity contribution in [2.75, 3.05) is 11.1 Å². The number of hydrogen-bond donors (Lipinski definition) is 3. The monoisotopic (exact) mass is 336 g/mol. The van der Waals surface area contributed by atoms with Gasteiger partial charge in [0.2, 0.25) is 11.9 Å². The van der Waals surface area contributed by atoms with Gasteiger partial charge in [0.25, 0.3) is 5.91 Å². The van der Waals surface area contributed by atoms with Crippen molar-refractivity contribution in [1.82, 2.24) is 15.0 Å². The Labute approximate surface area is 143 Å². The molecule has 0 aliphatic carbocycles. The van der Waals surface area contributed by atoms with Gasteiger partial charge in [-0.3, -0.25) is 4.79 Å². The minimum absolute atomic E-state index is 0.0144. The SMILES string of the molecule is NC(=O)c1ccccc1OCc1nc(N)nc(Nc2ccccc2)n1. The van der Waals surface area contributed by atoms with Crippen LogP contribution < -0.4 is 21.5 Å². The van der Waals surface area contributed by atoms with E-state index in [2.05, 4.69) is 20.3 Å². The number of nitrogens with zero attached hydrogens (tertiary/aromatic N) is 3. The van der Waals surface area contributed by atoms with E-state index in [-0.39, 0.29) is 18.1 Å². The Hall–Kier alpha value is -3.68. The topological polar surface area (TPSA) is 129 Å². The van der Waals surface area contributed by atoms with E-state index in [9.17, 15) is 4.79 Å². The molecule has 5 N–H and O–H groups in total. The van der Waals surface area contributed by atoms with E-state index in [4.69, 9.17) is 16.2 Å². The number of hydrogen-bond acceptors (Lipinski definition) is 7. The maximum absolute atomic E-state index is 11.4. The molecule has 0 atom stereocenters. The summed E-state index contributed by atoms with van der Waals surface area (Å²) in [6.45, 7) is 0.0144. The second kappa shape index (κ2) is 7.26. The van der Waals surface area contributed by atoms with Gasteiger partial charge in [-0.2, -0.15) is 15.0 Å². The number of ether oxygens (including phenoxy) is 1. The minimum Gasteiger partial charge on any atom is -0.485 e. The van der Waals surface area contributed by atoms with Crippen LogP contribution in [0.3, 0.4) is 0 Å². The van der Waals surface area contributed by atoms with Gasteiger partial charge in [-0.1, -0.05) is 30.3 Å². The van der Waals surface area contributed by atoms with Crippen molar-refractivity contribution in [3.8, 4) is 5.75 Å². The lowest BCUT2D eigenvalue weighted by Gasteiger charge is -2.10. The molecule has 0 saturated heterocycles. The Balaban J connectivity index is 1.76. The van der Waals surface area contributed by atoms with Crippen LogP contribution in [0.15, 0.2) is 54.6 Å². The lowest BCUT2D eigenvalue weighted by atomic mass is 10.2. The predicted molar refractivity (Wildman–Crippen MR) is 93.3 cm³/mol. The molecule has 0 aliphatic heterocycles. The Kier molecular flexibility index (Phi) is 4.70. The molecule has 0 saturated carbocycles. The highest BCUT2D eigenvalue weighted by molar-refractivity contribution is 5.95. The second-order valence-electron chi connectivity index (χ2n) is 5.07. The second-order valence-corrected chi connectivity index (χ2v) is 5.07. The quantitative estimate of drug-likeness (QED) is 0.626. The molecule has 0 bridgehead atoms. The number of nitrogens with one attached hydrogen (secondary N) is 1. The summed E-state index contributed by atoms with van der Waals surface area (Å²) in [5.74, 6) is 0.477. The first kappa shape index (κ1) is 16.2. The van der Waals surface area contributed by atoms with E-state index < -0.39 is 5.91 Å². The van der Waals surface area contributed by atoms with E-state index >= 15 is 0 Å². The third-order valence-electron chi connectivity index (χ3n) is 3.24. The molecule has 8 heteroatoms. The first-order valence-electron chi connectivity index (χ1n) is 7.46. The largest absolute Gasteiger partial charge is 0.485 e. The Morgan fingerprint density at radius 2 is 1.72 bits per heavy atom. The average Bonchev–Trinajstić information content (AvgIpc) is 2.60. The highest BCUT2D eigenvalue weighted by Gasteiger charge is 2.10. The lowest BCUT2D eigenvalue weighted by molar-refractivity contribution is 0.0995. The molecule has 3 rings (SSSR count). The summed E-state index contributed by atoms with van der Waals surface area (Å²) < 4.78 is 5.61. The fourth-order valence-corrected chi connectivity index (χ4v) is 2.15.